The molecule has 3 amide bonds. The van der Waals surface area contributed by atoms with E-state index in [0.717, 1.165) is 5.56 Å². The first-order valence-electron chi connectivity index (χ1n) is 6.31. The van der Waals surface area contributed by atoms with Crippen LogP contribution in [0.4, 0.5) is 4.79 Å². The van der Waals surface area contributed by atoms with E-state index in [9.17, 15) is 14.4 Å². The average Bonchev–Trinajstić information content (AvgIpc) is 2.44. The minimum atomic E-state index is -1.32. The molecular weight excluding hydrogens is 276 g/mol. The lowest BCUT2D eigenvalue weighted by molar-refractivity contribution is -0.140. The third kappa shape index (κ3) is 5.89. The second-order valence-corrected chi connectivity index (χ2v) is 4.54. The van der Waals surface area contributed by atoms with Crippen molar-refractivity contribution in [2.75, 3.05) is 13.6 Å². The Morgan fingerprint density at radius 2 is 2.00 bits per heavy atom. The number of likely N-dealkylation sites (N-methyl/N-ethyl adjacent to an activating group) is 1. The molecule has 0 saturated carbocycles. The van der Waals surface area contributed by atoms with Crippen molar-refractivity contribution in [3.63, 3.8) is 0 Å². The van der Waals surface area contributed by atoms with E-state index in [-0.39, 0.29) is 0 Å². The Hall–Kier alpha value is -2.64. The van der Waals surface area contributed by atoms with E-state index in [0.29, 0.717) is 13.0 Å². The van der Waals surface area contributed by atoms with Gasteiger partial charge in [0.25, 0.3) is 0 Å². The SMILES string of the molecule is CN(CCc1ccncc1)C(=O)N[C@@H](CC(N)=O)C(=O)O. The Morgan fingerprint density at radius 3 is 2.52 bits per heavy atom. The minimum absolute atomic E-state index is 0.402. The number of aliphatic carboxylic acids is 1. The molecule has 1 aromatic rings. The normalized spacial score (nSPS) is 11.5. The Morgan fingerprint density at radius 1 is 1.38 bits per heavy atom. The van der Waals surface area contributed by atoms with Crippen LogP contribution in [-0.4, -0.2) is 52.5 Å². The number of nitrogens with two attached hydrogens (primary N) is 1. The summed E-state index contributed by atoms with van der Waals surface area (Å²) in [4.78, 5) is 38.8. The molecule has 4 N–H and O–H groups in total. The van der Waals surface area contributed by atoms with Crippen LogP contribution in [0, 0.1) is 0 Å². The zero-order valence-electron chi connectivity index (χ0n) is 11.7. The number of rotatable bonds is 7. The summed E-state index contributed by atoms with van der Waals surface area (Å²) in [6.45, 7) is 0.402. The number of nitrogens with one attached hydrogen (secondary N) is 1. The van der Waals surface area contributed by atoms with Crippen LogP contribution >= 0.6 is 0 Å². The number of hydrogen-bond donors (Lipinski definition) is 3. The van der Waals surface area contributed by atoms with Crippen molar-refractivity contribution in [1.29, 1.82) is 0 Å². The zero-order chi connectivity index (χ0) is 15.8. The number of pyridine rings is 1. The number of carboxylic acid groups (broad SMARTS) is 1. The second-order valence-electron chi connectivity index (χ2n) is 4.54. The molecule has 0 unspecified atom stereocenters. The lowest BCUT2D eigenvalue weighted by Gasteiger charge is -2.20. The summed E-state index contributed by atoms with van der Waals surface area (Å²) in [5.74, 6) is -2.09. The highest BCUT2D eigenvalue weighted by Gasteiger charge is 2.23. The molecule has 0 spiro atoms. The maximum atomic E-state index is 11.8. The molecule has 1 atom stereocenters. The number of hydrogen-bond acceptors (Lipinski definition) is 4. The van der Waals surface area contributed by atoms with Gasteiger partial charge in [-0.3, -0.25) is 9.78 Å². The predicted octanol–water partition coefficient (Wildman–Crippen LogP) is -0.406. The van der Waals surface area contributed by atoms with Gasteiger partial charge in [0.2, 0.25) is 5.91 Å². The minimum Gasteiger partial charge on any atom is -0.480 e. The van der Waals surface area contributed by atoms with Crippen molar-refractivity contribution in [3.8, 4) is 0 Å². The number of primary amides is 1. The molecule has 0 aromatic carbocycles. The zero-order valence-corrected chi connectivity index (χ0v) is 11.7. The lowest BCUT2D eigenvalue weighted by Crippen LogP contribution is -2.48. The molecule has 0 bridgehead atoms. The molecule has 0 saturated heterocycles. The highest BCUT2D eigenvalue weighted by molar-refractivity contribution is 5.87. The van der Waals surface area contributed by atoms with Gasteiger partial charge in [-0.25, -0.2) is 9.59 Å². The molecule has 0 aliphatic heterocycles. The molecular formula is C13H18N4O4. The molecule has 1 heterocycles. The van der Waals surface area contributed by atoms with E-state index in [4.69, 9.17) is 10.8 Å². The molecule has 8 heteroatoms. The van der Waals surface area contributed by atoms with E-state index < -0.39 is 30.4 Å². The summed E-state index contributed by atoms with van der Waals surface area (Å²) in [6.07, 6.45) is 3.48. The van der Waals surface area contributed by atoms with E-state index in [2.05, 4.69) is 10.3 Å². The summed E-state index contributed by atoms with van der Waals surface area (Å²) in [6, 6.07) is 1.77. The van der Waals surface area contributed by atoms with Gasteiger partial charge in [-0.2, -0.15) is 0 Å². The van der Waals surface area contributed by atoms with Crippen LogP contribution in [0.5, 0.6) is 0 Å². The Kier molecular flexibility index (Phi) is 6.12. The first kappa shape index (κ1) is 16.4. The number of carbonyl (C=O) groups excluding carboxylic acids is 2. The topological polar surface area (TPSA) is 126 Å². The van der Waals surface area contributed by atoms with Crippen LogP contribution in [0.2, 0.25) is 0 Å². The molecule has 0 aliphatic carbocycles. The van der Waals surface area contributed by atoms with Gasteiger partial charge in [0.15, 0.2) is 0 Å². The van der Waals surface area contributed by atoms with Gasteiger partial charge in [0.1, 0.15) is 6.04 Å². The molecule has 1 aromatic heterocycles. The van der Waals surface area contributed by atoms with Crippen LogP contribution in [0.25, 0.3) is 0 Å². The van der Waals surface area contributed by atoms with E-state index >= 15 is 0 Å². The maximum Gasteiger partial charge on any atom is 0.326 e. The van der Waals surface area contributed by atoms with Gasteiger partial charge in [0, 0.05) is 26.0 Å². The number of urea groups is 1. The molecule has 8 nitrogen and oxygen atoms in total. The van der Waals surface area contributed by atoms with Gasteiger partial charge < -0.3 is 21.1 Å². The fourth-order valence-corrected chi connectivity index (χ4v) is 1.61. The van der Waals surface area contributed by atoms with Gasteiger partial charge in [-0.15, -0.1) is 0 Å². The number of aromatic nitrogens is 1. The molecule has 0 fully saturated rings. The summed E-state index contributed by atoms with van der Waals surface area (Å²) in [7, 11) is 1.54. The predicted molar refractivity (Wildman–Crippen MR) is 74.3 cm³/mol. The summed E-state index contributed by atoms with van der Waals surface area (Å²) >= 11 is 0. The molecule has 0 aliphatic rings. The molecule has 0 radical (unpaired) electrons. The Balaban J connectivity index is 2.49. The molecule has 114 valence electrons. The van der Waals surface area contributed by atoms with Gasteiger partial charge in [-0.05, 0) is 24.1 Å². The Bertz CT molecular complexity index is 506. The number of nitrogens with zero attached hydrogens (tertiary/aromatic N) is 2. The van der Waals surface area contributed by atoms with Crippen LogP contribution in [0.15, 0.2) is 24.5 Å². The van der Waals surface area contributed by atoms with Crippen LogP contribution in [0.1, 0.15) is 12.0 Å². The van der Waals surface area contributed by atoms with Crippen molar-refractivity contribution in [1.82, 2.24) is 15.2 Å². The standard InChI is InChI=1S/C13H18N4O4/c1-17(7-4-9-2-5-15-6-3-9)13(21)16-10(12(19)20)8-11(14)18/h2-3,5-6,10H,4,7-8H2,1H3,(H2,14,18)(H,16,21)(H,19,20)/t10-/m0/s1. The van der Waals surface area contributed by atoms with Crippen molar-refractivity contribution in [2.45, 2.75) is 18.9 Å². The highest BCUT2D eigenvalue weighted by Crippen LogP contribution is 2.00. The monoisotopic (exact) mass is 294 g/mol. The quantitative estimate of drug-likeness (QED) is 0.630. The van der Waals surface area contributed by atoms with E-state index in [1.165, 1.54) is 4.90 Å². The van der Waals surface area contributed by atoms with Crippen molar-refractivity contribution in [2.24, 2.45) is 5.73 Å². The largest absolute Gasteiger partial charge is 0.480 e. The first-order valence-corrected chi connectivity index (χ1v) is 6.31. The van der Waals surface area contributed by atoms with Crippen molar-refractivity contribution < 1.29 is 19.5 Å². The van der Waals surface area contributed by atoms with Gasteiger partial charge in [-0.1, -0.05) is 0 Å². The smallest absolute Gasteiger partial charge is 0.326 e. The van der Waals surface area contributed by atoms with Crippen molar-refractivity contribution >= 4 is 17.9 Å². The molecule has 1 rings (SSSR count). The van der Waals surface area contributed by atoms with Crippen LogP contribution < -0.4 is 11.1 Å². The summed E-state index contributed by atoms with van der Waals surface area (Å²) < 4.78 is 0. The average molecular weight is 294 g/mol. The highest BCUT2D eigenvalue weighted by atomic mass is 16.4. The summed E-state index contributed by atoms with van der Waals surface area (Å²) in [5.41, 5.74) is 5.96. The summed E-state index contributed by atoms with van der Waals surface area (Å²) in [5, 5.41) is 11.2. The molecule has 21 heavy (non-hydrogen) atoms. The van der Waals surface area contributed by atoms with E-state index in [1.54, 1.807) is 19.4 Å². The fraction of sp³-hybridized carbons (Fsp3) is 0.385. The van der Waals surface area contributed by atoms with E-state index in [1.807, 2.05) is 12.1 Å². The van der Waals surface area contributed by atoms with Gasteiger partial charge in [0.05, 0.1) is 6.42 Å². The van der Waals surface area contributed by atoms with Crippen molar-refractivity contribution in [3.05, 3.63) is 30.1 Å². The fourth-order valence-electron chi connectivity index (χ4n) is 1.61. The van der Waals surface area contributed by atoms with Gasteiger partial charge >= 0.3 is 12.0 Å². The maximum absolute atomic E-state index is 11.8. The number of carboxylic acids is 1. The van der Waals surface area contributed by atoms with Crippen LogP contribution in [-0.2, 0) is 16.0 Å². The first-order chi connectivity index (χ1) is 9.90. The third-order valence-electron chi connectivity index (χ3n) is 2.83. The Labute approximate surface area is 121 Å². The lowest BCUT2D eigenvalue weighted by atomic mass is 10.2. The third-order valence-corrected chi connectivity index (χ3v) is 2.83. The van der Waals surface area contributed by atoms with Crippen LogP contribution in [0.3, 0.4) is 0 Å². The number of carbonyl (C=O) groups is 3. The number of amides is 3. The second kappa shape index (κ2) is 7.83.